The third-order valence-electron chi connectivity index (χ3n) is 1.51. The van der Waals surface area contributed by atoms with E-state index in [1.807, 2.05) is 25.6 Å². The van der Waals surface area contributed by atoms with Crippen molar-refractivity contribution in [2.45, 2.75) is 19.9 Å². The molecule has 0 unspecified atom stereocenters. The molecule has 0 aromatic rings. The topological polar surface area (TPSA) is 20.3 Å². The van der Waals surface area contributed by atoms with Crippen LogP contribution in [0.1, 0.15) is 13.8 Å². The first kappa shape index (κ1) is 9.19. The van der Waals surface area contributed by atoms with Crippen LogP contribution in [-0.2, 0) is 4.57 Å². The van der Waals surface area contributed by atoms with Crippen LogP contribution in [0.25, 0.3) is 0 Å². The zero-order valence-corrected chi connectivity index (χ0v) is 7.77. The van der Waals surface area contributed by atoms with Gasteiger partial charge in [-0.2, -0.15) is 0 Å². The molecule has 0 atom stereocenters. The van der Waals surface area contributed by atoms with Crippen LogP contribution in [0.2, 0.25) is 0 Å². The van der Waals surface area contributed by atoms with Crippen molar-refractivity contribution < 1.29 is 4.57 Å². The van der Waals surface area contributed by atoms with Gasteiger partial charge in [-0.05, 0) is 20.9 Å². The van der Waals surface area contributed by atoms with Gasteiger partial charge in [-0.1, -0.05) is 0 Å². The van der Waals surface area contributed by atoms with Crippen molar-refractivity contribution in [1.29, 1.82) is 0 Å². The molecule has 0 aliphatic rings. The molecule has 56 valence electrons. The fraction of sp³-hybridized carbons (Fsp3) is 1.00. The lowest BCUT2D eigenvalue weighted by atomic mass is 10.4. The fourth-order valence-corrected chi connectivity index (χ4v) is 1.67. The minimum Gasteiger partial charge on any atom is -0.307 e. The highest BCUT2D eigenvalue weighted by Gasteiger charge is 2.16. The van der Waals surface area contributed by atoms with Gasteiger partial charge in [0, 0.05) is 19.4 Å². The molecule has 0 spiro atoms. The number of nitrogens with zero attached hydrogens (tertiary/aromatic N) is 1. The van der Waals surface area contributed by atoms with E-state index in [-0.39, 0.29) is 0 Å². The van der Waals surface area contributed by atoms with Crippen molar-refractivity contribution in [3.63, 3.8) is 0 Å². The minimum atomic E-state index is -1.98. The van der Waals surface area contributed by atoms with Gasteiger partial charge in [0.15, 0.2) is 0 Å². The highest BCUT2D eigenvalue weighted by Crippen LogP contribution is 2.40. The van der Waals surface area contributed by atoms with Gasteiger partial charge in [-0.3, -0.25) is 4.67 Å². The van der Waals surface area contributed by atoms with E-state index < -0.39 is 7.29 Å². The zero-order chi connectivity index (χ0) is 7.65. The largest absolute Gasteiger partial charge is 0.307 e. The standard InChI is InChI=1S/C6H16NOP/c1-6(2)7(3)9(4,5)8/h6H,1-5H3. The second kappa shape index (κ2) is 2.85. The maximum absolute atomic E-state index is 11.3. The summed E-state index contributed by atoms with van der Waals surface area (Å²) in [7, 11) is -0.0853. The quantitative estimate of drug-likeness (QED) is 0.558. The summed E-state index contributed by atoms with van der Waals surface area (Å²) in [5.74, 6) is 0. The second-order valence-corrected chi connectivity index (χ2v) is 6.18. The van der Waals surface area contributed by atoms with Gasteiger partial charge < -0.3 is 4.57 Å². The Hall–Kier alpha value is 0.190. The first-order chi connectivity index (χ1) is 3.85. The van der Waals surface area contributed by atoms with Crippen molar-refractivity contribution in [3.05, 3.63) is 0 Å². The lowest BCUT2D eigenvalue weighted by Gasteiger charge is -2.25. The zero-order valence-electron chi connectivity index (χ0n) is 6.88. The van der Waals surface area contributed by atoms with Crippen molar-refractivity contribution in [2.75, 3.05) is 20.4 Å². The van der Waals surface area contributed by atoms with Crippen molar-refractivity contribution in [1.82, 2.24) is 4.67 Å². The molecule has 2 nitrogen and oxygen atoms in total. The predicted octanol–water partition coefficient (Wildman–Crippen LogP) is 1.86. The molecule has 0 bridgehead atoms. The molecule has 9 heavy (non-hydrogen) atoms. The van der Waals surface area contributed by atoms with Gasteiger partial charge in [0.1, 0.15) is 7.29 Å². The second-order valence-electron chi connectivity index (χ2n) is 2.96. The van der Waals surface area contributed by atoms with E-state index in [9.17, 15) is 4.57 Å². The van der Waals surface area contributed by atoms with Gasteiger partial charge in [-0.15, -0.1) is 0 Å². The maximum atomic E-state index is 11.3. The Morgan fingerprint density at radius 1 is 1.33 bits per heavy atom. The number of hydrogen-bond acceptors (Lipinski definition) is 1. The molecule has 0 saturated carbocycles. The Kier molecular flexibility index (Phi) is 2.91. The summed E-state index contributed by atoms with van der Waals surface area (Å²) in [4.78, 5) is 0. The molecule has 0 fully saturated rings. The van der Waals surface area contributed by atoms with Gasteiger partial charge >= 0.3 is 0 Å². The first-order valence-corrected chi connectivity index (χ1v) is 5.69. The Balaban J connectivity index is 4.05. The summed E-state index contributed by atoms with van der Waals surface area (Å²) >= 11 is 0. The molecule has 0 aliphatic heterocycles. The number of rotatable bonds is 2. The number of hydrogen-bond donors (Lipinski definition) is 0. The van der Waals surface area contributed by atoms with E-state index >= 15 is 0 Å². The summed E-state index contributed by atoms with van der Waals surface area (Å²) in [5, 5.41) is 0. The molecule has 3 heteroatoms. The molecular weight excluding hydrogens is 133 g/mol. The van der Waals surface area contributed by atoms with Crippen molar-refractivity contribution >= 4 is 7.29 Å². The highest BCUT2D eigenvalue weighted by molar-refractivity contribution is 7.59. The minimum absolute atomic E-state index is 0.380. The molecule has 0 N–H and O–H groups in total. The van der Waals surface area contributed by atoms with E-state index in [0.29, 0.717) is 6.04 Å². The molecule has 0 aromatic carbocycles. The lowest BCUT2D eigenvalue weighted by Crippen LogP contribution is -2.22. The Morgan fingerprint density at radius 3 is 1.67 bits per heavy atom. The summed E-state index contributed by atoms with van der Waals surface area (Å²) in [6.07, 6.45) is 0. The molecule has 0 rings (SSSR count). The molecule has 0 heterocycles. The van der Waals surface area contributed by atoms with Gasteiger partial charge in [-0.25, -0.2) is 0 Å². The summed E-state index contributed by atoms with van der Waals surface area (Å²) in [6, 6.07) is 0.380. The van der Waals surface area contributed by atoms with E-state index in [1.165, 1.54) is 0 Å². The van der Waals surface area contributed by atoms with Gasteiger partial charge in [0.2, 0.25) is 0 Å². The molecule has 0 aliphatic carbocycles. The smallest absolute Gasteiger partial charge is 0.144 e. The highest BCUT2D eigenvalue weighted by atomic mass is 31.2. The van der Waals surface area contributed by atoms with Gasteiger partial charge in [0.25, 0.3) is 0 Å². The van der Waals surface area contributed by atoms with Gasteiger partial charge in [0.05, 0.1) is 0 Å². The van der Waals surface area contributed by atoms with Crippen LogP contribution in [-0.4, -0.2) is 31.1 Å². The average Bonchev–Trinajstić information content (AvgIpc) is 1.62. The summed E-state index contributed by atoms with van der Waals surface area (Å²) in [6.45, 7) is 7.65. The third-order valence-corrected chi connectivity index (χ3v) is 3.49. The Morgan fingerprint density at radius 2 is 1.67 bits per heavy atom. The van der Waals surface area contributed by atoms with Crippen LogP contribution in [0.15, 0.2) is 0 Å². The van der Waals surface area contributed by atoms with Crippen LogP contribution < -0.4 is 0 Å². The van der Waals surface area contributed by atoms with E-state index in [1.54, 1.807) is 13.3 Å². The lowest BCUT2D eigenvalue weighted by molar-refractivity contribution is 0.415. The van der Waals surface area contributed by atoms with E-state index in [0.717, 1.165) is 0 Å². The SMILES string of the molecule is CC(C)N(C)P(C)(C)=O. The predicted molar refractivity (Wildman–Crippen MR) is 42.4 cm³/mol. The molecular formula is C6H16NOP. The van der Waals surface area contributed by atoms with E-state index in [2.05, 4.69) is 0 Å². The Labute approximate surface area is 57.7 Å². The summed E-state index contributed by atoms with van der Waals surface area (Å²) in [5.41, 5.74) is 0. The molecule has 0 amide bonds. The molecule has 0 saturated heterocycles. The third kappa shape index (κ3) is 3.02. The maximum Gasteiger partial charge on any atom is 0.144 e. The first-order valence-electron chi connectivity index (χ1n) is 3.14. The van der Waals surface area contributed by atoms with Crippen molar-refractivity contribution in [3.8, 4) is 0 Å². The van der Waals surface area contributed by atoms with Crippen LogP contribution >= 0.6 is 7.29 Å². The van der Waals surface area contributed by atoms with Crippen LogP contribution in [0.4, 0.5) is 0 Å². The normalized spacial score (nSPS) is 13.2. The van der Waals surface area contributed by atoms with Crippen LogP contribution in [0, 0.1) is 0 Å². The fourth-order valence-electron chi connectivity index (χ4n) is 0.556. The Bertz CT molecular complexity index is 127. The van der Waals surface area contributed by atoms with Crippen molar-refractivity contribution in [2.24, 2.45) is 0 Å². The average molecular weight is 149 g/mol. The molecule has 0 radical (unpaired) electrons. The van der Waals surface area contributed by atoms with Crippen LogP contribution in [0.3, 0.4) is 0 Å². The summed E-state index contributed by atoms with van der Waals surface area (Å²) < 4.78 is 13.2. The molecule has 0 aromatic heterocycles. The monoisotopic (exact) mass is 149 g/mol. The van der Waals surface area contributed by atoms with E-state index in [4.69, 9.17) is 0 Å². The van der Waals surface area contributed by atoms with Crippen LogP contribution in [0.5, 0.6) is 0 Å².